The minimum atomic E-state index is -0.245. The lowest BCUT2D eigenvalue weighted by molar-refractivity contribution is -0.130. The fourth-order valence-corrected chi connectivity index (χ4v) is 8.14. The van der Waals surface area contributed by atoms with Gasteiger partial charge in [0, 0.05) is 24.0 Å². The van der Waals surface area contributed by atoms with Crippen molar-refractivity contribution in [3.63, 3.8) is 0 Å². The molecule has 1 atom stereocenters. The molecule has 2 aromatic carbocycles. The number of benzene rings is 2. The summed E-state index contributed by atoms with van der Waals surface area (Å²) in [6, 6.07) is 17.1. The summed E-state index contributed by atoms with van der Waals surface area (Å²) < 4.78 is 13.7. The summed E-state index contributed by atoms with van der Waals surface area (Å²) >= 11 is 0. The van der Waals surface area contributed by atoms with E-state index in [0.717, 1.165) is 78.8 Å². The summed E-state index contributed by atoms with van der Waals surface area (Å²) in [5.74, 6) is 2.51. The van der Waals surface area contributed by atoms with E-state index < -0.39 is 0 Å². The molecule has 6 heteroatoms. The standard InChI is InChI=1S/C31H37FN4O/c32-26-7-2-1-5-23(26)19-34-11-4-12-35-28-10-9-24-25(6-3-8-27(24)36-28)29(30(33)37)31-16-20-13-21(17-31)15-22(14-20)18-31/h1-3,5-10,20-22,29,34H,4,11-19H2,(H2,33,37)(H,35,36). The predicted octanol–water partition coefficient (Wildman–Crippen LogP) is 5.75. The van der Waals surface area contributed by atoms with Crippen LogP contribution >= 0.6 is 0 Å². The number of carbonyl (C=O) groups is 1. The second-order valence-electron chi connectivity index (χ2n) is 11.8. The molecule has 7 rings (SSSR count). The summed E-state index contributed by atoms with van der Waals surface area (Å²) in [5.41, 5.74) is 8.82. The van der Waals surface area contributed by atoms with Crippen molar-refractivity contribution < 1.29 is 9.18 Å². The van der Waals surface area contributed by atoms with Crippen molar-refractivity contribution in [2.24, 2.45) is 28.9 Å². The molecule has 0 saturated heterocycles. The number of hydrogen-bond acceptors (Lipinski definition) is 4. The van der Waals surface area contributed by atoms with Crippen LogP contribution in [0.1, 0.15) is 62.0 Å². The first-order valence-corrected chi connectivity index (χ1v) is 13.9. The Balaban J connectivity index is 1.13. The van der Waals surface area contributed by atoms with Crippen molar-refractivity contribution in [1.82, 2.24) is 10.3 Å². The zero-order chi connectivity index (χ0) is 25.4. The first-order chi connectivity index (χ1) is 18.0. The van der Waals surface area contributed by atoms with Gasteiger partial charge >= 0.3 is 0 Å². The largest absolute Gasteiger partial charge is 0.370 e. The van der Waals surface area contributed by atoms with E-state index in [9.17, 15) is 9.18 Å². The maximum absolute atomic E-state index is 13.7. The fourth-order valence-electron chi connectivity index (χ4n) is 8.14. The molecule has 4 N–H and O–H groups in total. The van der Waals surface area contributed by atoms with Crippen LogP contribution < -0.4 is 16.4 Å². The number of rotatable bonds is 10. The molecule has 4 aliphatic carbocycles. The van der Waals surface area contributed by atoms with Gasteiger partial charge in [-0.25, -0.2) is 9.37 Å². The quantitative estimate of drug-likeness (QED) is 0.310. The SMILES string of the molecule is NC(=O)C(c1cccc2nc(NCCCNCc3ccccc3F)ccc12)C12CC3CC(CC(C3)C1)C2. The van der Waals surface area contributed by atoms with E-state index in [4.69, 9.17) is 10.7 Å². The highest BCUT2D eigenvalue weighted by atomic mass is 19.1. The van der Waals surface area contributed by atoms with E-state index in [2.05, 4.69) is 22.8 Å². The van der Waals surface area contributed by atoms with Crippen molar-refractivity contribution in [2.45, 2.75) is 57.4 Å². The molecule has 1 aromatic heterocycles. The van der Waals surface area contributed by atoms with Gasteiger partial charge in [-0.2, -0.15) is 0 Å². The Kier molecular flexibility index (Phi) is 6.62. The molecule has 1 amide bonds. The molecule has 4 fully saturated rings. The highest BCUT2D eigenvalue weighted by Gasteiger charge is 2.56. The van der Waals surface area contributed by atoms with Crippen LogP contribution in [0.4, 0.5) is 10.2 Å². The minimum Gasteiger partial charge on any atom is -0.370 e. The Bertz CT molecular complexity index is 1260. The number of hydrogen-bond donors (Lipinski definition) is 3. The Morgan fingerprint density at radius 1 is 0.973 bits per heavy atom. The van der Waals surface area contributed by atoms with Crippen LogP contribution in [0.25, 0.3) is 10.9 Å². The predicted molar refractivity (Wildman–Crippen MR) is 145 cm³/mol. The number of pyridine rings is 1. The molecule has 1 unspecified atom stereocenters. The lowest BCUT2D eigenvalue weighted by Crippen LogP contribution is -2.51. The summed E-state index contributed by atoms with van der Waals surface area (Å²) in [6.45, 7) is 2.07. The highest BCUT2D eigenvalue weighted by molar-refractivity contribution is 5.92. The summed E-state index contributed by atoms with van der Waals surface area (Å²) in [4.78, 5) is 17.9. The molecule has 0 radical (unpaired) electrons. The number of anilines is 1. The highest BCUT2D eigenvalue weighted by Crippen LogP contribution is 2.64. The molecule has 1 heterocycles. The molecule has 0 spiro atoms. The summed E-state index contributed by atoms with van der Waals surface area (Å²) in [6.07, 6.45) is 8.34. The van der Waals surface area contributed by atoms with Gasteiger partial charge < -0.3 is 16.4 Å². The molecule has 194 valence electrons. The van der Waals surface area contributed by atoms with Gasteiger partial charge in [-0.3, -0.25) is 4.79 Å². The number of nitrogens with two attached hydrogens (primary N) is 1. The summed E-state index contributed by atoms with van der Waals surface area (Å²) in [5, 5.41) is 7.75. The Morgan fingerprint density at radius 3 is 2.41 bits per heavy atom. The van der Waals surface area contributed by atoms with Crippen molar-refractivity contribution in [3.05, 3.63) is 71.5 Å². The average molecular weight is 501 g/mol. The number of nitrogens with one attached hydrogen (secondary N) is 2. The average Bonchev–Trinajstić information content (AvgIpc) is 2.86. The molecule has 4 bridgehead atoms. The number of halogens is 1. The lowest BCUT2D eigenvalue weighted by Gasteiger charge is -2.59. The molecule has 0 aliphatic heterocycles. The monoisotopic (exact) mass is 500 g/mol. The molecule has 37 heavy (non-hydrogen) atoms. The van der Waals surface area contributed by atoms with Crippen molar-refractivity contribution in [3.8, 4) is 0 Å². The van der Waals surface area contributed by atoms with Gasteiger partial charge in [-0.15, -0.1) is 0 Å². The number of aromatic nitrogens is 1. The molecule has 5 nitrogen and oxygen atoms in total. The number of nitrogens with zero attached hydrogens (tertiary/aromatic N) is 1. The van der Waals surface area contributed by atoms with Crippen LogP contribution in [-0.4, -0.2) is 24.0 Å². The van der Waals surface area contributed by atoms with Gasteiger partial charge in [0.1, 0.15) is 11.6 Å². The zero-order valence-electron chi connectivity index (χ0n) is 21.4. The number of amides is 1. The smallest absolute Gasteiger partial charge is 0.225 e. The van der Waals surface area contributed by atoms with Crippen molar-refractivity contribution >= 4 is 22.6 Å². The first kappa shape index (κ1) is 24.4. The van der Waals surface area contributed by atoms with Gasteiger partial charge in [0.25, 0.3) is 0 Å². The van der Waals surface area contributed by atoms with Crippen molar-refractivity contribution in [1.29, 1.82) is 0 Å². The fraction of sp³-hybridized carbons (Fsp3) is 0.484. The molecular formula is C31H37FN4O. The van der Waals surface area contributed by atoms with Crippen LogP contribution in [0.3, 0.4) is 0 Å². The lowest BCUT2D eigenvalue weighted by atomic mass is 9.45. The second-order valence-corrected chi connectivity index (χ2v) is 11.8. The van der Waals surface area contributed by atoms with Gasteiger partial charge in [-0.05, 0) is 104 Å². The van der Waals surface area contributed by atoms with E-state index in [1.165, 1.54) is 25.3 Å². The number of carbonyl (C=O) groups excluding carboxylic acids is 1. The topological polar surface area (TPSA) is 80.0 Å². The van der Waals surface area contributed by atoms with Gasteiger partial charge in [0.2, 0.25) is 5.91 Å². The van der Waals surface area contributed by atoms with E-state index in [1.807, 2.05) is 24.3 Å². The van der Waals surface area contributed by atoms with Crippen molar-refractivity contribution in [2.75, 3.05) is 18.4 Å². The maximum Gasteiger partial charge on any atom is 0.225 e. The van der Waals surface area contributed by atoms with E-state index in [0.29, 0.717) is 12.1 Å². The molecule has 4 saturated carbocycles. The van der Waals surface area contributed by atoms with Gasteiger partial charge in [0.05, 0.1) is 11.4 Å². The second kappa shape index (κ2) is 10.1. The van der Waals surface area contributed by atoms with Crippen LogP contribution in [0.2, 0.25) is 0 Å². The summed E-state index contributed by atoms with van der Waals surface area (Å²) in [7, 11) is 0. The molecular weight excluding hydrogens is 463 g/mol. The molecule has 4 aliphatic rings. The Morgan fingerprint density at radius 2 is 1.70 bits per heavy atom. The van der Waals surface area contributed by atoms with Gasteiger partial charge in [0.15, 0.2) is 0 Å². The van der Waals surface area contributed by atoms with Crippen LogP contribution in [0.5, 0.6) is 0 Å². The minimum absolute atomic E-state index is 0.0153. The zero-order valence-corrected chi connectivity index (χ0v) is 21.4. The van der Waals surface area contributed by atoms with Crippen LogP contribution in [0.15, 0.2) is 54.6 Å². The third-order valence-electron chi connectivity index (χ3n) is 9.17. The van der Waals surface area contributed by atoms with E-state index >= 15 is 0 Å². The van der Waals surface area contributed by atoms with Crippen LogP contribution in [-0.2, 0) is 11.3 Å². The maximum atomic E-state index is 13.7. The number of primary amides is 1. The Labute approximate surface area is 218 Å². The number of fused-ring (bicyclic) bond motifs is 1. The third kappa shape index (κ3) is 4.84. The Hall–Kier alpha value is -2.99. The van der Waals surface area contributed by atoms with E-state index in [1.54, 1.807) is 12.1 Å². The van der Waals surface area contributed by atoms with Gasteiger partial charge in [-0.1, -0.05) is 30.3 Å². The molecule has 3 aromatic rings. The first-order valence-electron chi connectivity index (χ1n) is 13.9. The van der Waals surface area contributed by atoms with Crippen LogP contribution in [0, 0.1) is 29.0 Å². The normalized spacial score (nSPS) is 26.9. The third-order valence-corrected chi connectivity index (χ3v) is 9.17. The van der Waals surface area contributed by atoms with E-state index in [-0.39, 0.29) is 23.1 Å².